The maximum absolute atomic E-state index is 5.70. The topological polar surface area (TPSA) is 63.9 Å². The van der Waals surface area contributed by atoms with Gasteiger partial charge in [-0.25, -0.2) is 0 Å². The van der Waals surface area contributed by atoms with Crippen molar-refractivity contribution in [2.24, 2.45) is 0 Å². The van der Waals surface area contributed by atoms with Crippen LogP contribution in [-0.2, 0) is 0 Å². The molecule has 0 aliphatic heterocycles. The lowest BCUT2D eigenvalue weighted by Gasteiger charge is -2.01. The highest BCUT2D eigenvalue weighted by Crippen LogP contribution is 2.27. The van der Waals surface area contributed by atoms with Crippen LogP contribution in [0.5, 0.6) is 5.75 Å². The second-order valence-corrected chi connectivity index (χ2v) is 2.52. The quantitative estimate of drug-likeness (QED) is 0.620. The molecule has 12 heavy (non-hydrogen) atoms. The van der Waals surface area contributed by atoms with Gasteiger partial charge < -0.3 is 10.5 Å². The van der Waals surface area contributed by atoms with E-state index in [1.165, 1.54) is 0 Å². The van der Waals surface area contributed by atoms with Crippen molar-refractivity contribution in [1.82, 2.24) is 10.2 Å². The van der Waals surface area contributed by atoms with E-state index in [9.17, 15) is 0 Å². The van der Waals surface area contributed by atoms with Crippen molar-refractivity contribution in [2.75, 3.05) is 12.8 Å². The van der Waals surface area contributed by atoms with Crippen LogP contribution in [0.25, 0.3) is 10.9 Å². The number of anilines is 1. The number of H-pyrrole nitrogens is 1. The largest absolute Gasteiger partial charge is 0.496 e. The number of hydrogen-bond donors (Lipinski definition) is 2. The molecule has 1 aromatic carbocycles. The van der Waals surface area contributed by atoms with Crippen molar-refractivity contribution in [3.8, 4) is 5.75 Å². The van der Waals surface area contributed by atoms with E-state index in [0.29, 0.717) is 5.69 Å². The van der Waals surface area contributed by atoms with Gasteiger partial charge in [0.2, 0.25) is 0 Å². The van der Waals surface area contributed by atoms with Crippen LogP contribution in [-0.4, -0.2) is 17.3 Å². The first kappa shape index (κ1) is 6.97. The maximum Gasteiger partial charge on any atom is 0.130 e. The Morgan fingerprint density at radius 3 is 3.08 bits per heavy atom. The van der Waals surface area contributed by atoms with E-state index in [1.807, 2.05) is 6.07 Å². The molecule has 0 amide bonds. The van der Waals surface area contributed by atoms with Crippen LogP contribution in [0.3, 0.4) is 0 Å². The van der Waals surface area contributed by atoms with E-state index < -0.39 is 0 Å². The van der Waals surface area contributed by atoms with Gasteiger partial charge in [-0.3, -0.25) is 5.10 Å². The van der Waals surface area contributed by atoms with Crippen molar-refractivity contribution in [1.29, 1.82) is 0 Å². The van der Waals surface area contributed by atoms with E-state index in [4.69, 9.17) is 10.5 Å². The van der Waals surface area contributed by atoms with Crippen molar-refractivity contribution in [3.05, 3.63) is 18.3 Å². The van der Waals surface area contributed by atoms with Gasteiger partial charge in [0.25, 0.3) is 0 Å². The predicted molar refractivity (Wildman–Crippen MR) is 47.1 cm³/mol. The van der Waals surface area contributed by atoms with Gasteiger partial charge in [0.05, 0.1) is 29.9 Å². The van der Waals surface area contributed by atoms with E-state index in [0.717, 1.165) is 16.7 Å². The molecule has 0 atom stereocenters. The molecule has 4 nitrogen and oxygen atoms in total. The van der Waals surface area contributed by atoms with Crippen LogP contribution >= 0.6 is 0 Å². The molecule has 0 radical (unpaired) electrons. The number of nitrogens with one attached hydrogen (secondary N) is 1. The average molecular weight is 163 g/mol. The van der Waals surface area contributed by atoms with Gasteiger partial charge in [0, 0.05) is 0 Å². The summed E-state index contributed by atoms with van der Waals surface area (Å²) in [5.74, 6) is 0.785. The zero-order valence-electron chi connectivity index (χ0n) is 6.66. The normalized spacial score (nSPS) is 10.4. The summed E-state index contributed by atoms with van der Waals surface area (Å²) in [6.07, 6.45) is 1.70. The lowest BCUT2D eigenvalue weighted by molar-refractivity contribution is 0.420. The maximum atomic E-state index is 5.70. The number of aromatic nitrogens is 2. The Morgan fingerprint density at radius 1 is 1.50 bits per heavy atom. The Balaban J connectivity index is 2.82. The van der Waals surface area contributed by atoms with Gasteiger partial charge in [-0.2, -0.15) is 5.10 Å². The fourth-order valence-corrected chi connectivity index (χ4v) is 1.21. The first-order valence-corrected chi connectivity index (χ1v) is 3.58. The number of nitrogens with two attached hydrogens (primary N) is 1. The lowest BCUT2D eigenvalue weighted by Crippen LogP contribution is -1.88. The fraction of sp³-hybridized carbons (Fsp3) is 0.125. The van der Waals surface area contributed by atoms with Crippen LogP contribution in [0, 0.1) is 0 Å². The Hall–Kier alpha value is -1.71. The molecule has 2 rings (SSSR count). The standard InChI is InChI=1S/C8H9N3O/c1-12-7-3-2-6(9)8-5(7)4-10-11-8/h2-4H,9H2,1H3,(H,10,11). The SMILES string of the molecule is COc1ccc(N)c2[nH]ncc12. The third kappa shape index (κ3) is 0.812. The van der Waals surface area contributed by atoms with Crippen molar-refractivity contribution in [2.45, 2.75) is 0 Å². The summed E-state index contributed by atoms with van der Waals surface area (Å²) in [5, 5.41) is 7.61. The van der Waals surface area contributed by atoms with Gasteiger partial charge >= 0.3 is 0 Å². The minimum atomic E-state index is 0.684. The number of hydrogen-bond acceptors (Lipinski definition) is 3. The van der Waals surface area contributed by atoms with Gasteiger partial charge in [-0.1, -0.05) is 0 Å². The van der Waals surface area contributed by atoms with Gasteiger partial charge in [-0.15, -0.1) is 0 Å². The summed E-state index contributed by atoms with van der Waals surface area (Å²) in [7, 11) is 1.62. The Kier molecular flexibility index (Phi) is 1.40. The zero-order chi connectivity index (χ0) is 8.55. The van der Waals surface area contributed by atoms with E-state index in [1.54, 1.807) is 19.4 Å². The lowest BCUT2D eigenvalue weighted by atomic mass is 10.2. The second kappa shape index (κ2) is 2.41. The highest BCUT2D eigenvalue weighted by Gasteiger charge is 2.04. The van der Waals surface area contributed by atoms with Crippen LogP contribution in [0.15, 0.2) is 18.3 Å². The zero-order valence-corrected chi connectivity index (χ0v) is 6.66. The fourth-order valence-electron chi connectivity index (χ4n) is 1.21. The van der Waals surface area contributed by atoms with E-state index >= 15 is 0 Å². The second-order valence-electron chi connectivity index (χ2n) is 2.52. The molecule has 4 heteroatoms. The molecule has 0 unspecified atom stereocenters. The molecular weight excluding hydrogens is 154 g/mol. The van der Waals surface area contributed by atoms with Crippen molar-refractivity contribution >= 4 is 16.6 Å². The van der Waals surface area contributed by atoms with E-state index in [2.05, 4.69) is 10.2 Å². The van der Waals surface area contributed by atoms with Gasteiger partial charge in [0.15, 0.2) is 0 Å². The number of benzene rings is 1. The molecule has 0 bridgehead atoms. The summed E-state index contributed by atoms with van der Waals surface area (Å²) in [6, 6.07) is 3.62. The number of rotatable bonds is 1. The smallest absolute Gasteiger partial charge is 0.130 e. The Labute approximate surface area is 69.3 Å². The van der Waals surface area contributed by atoms with Crippen LogP contribution in [0.2, 0.25) is 0 Å². The summed E-state index contributed by atoms with van der Waals surface area (Å²) in [6.45, 7) is 0. The minimum absolute atomic E-state index is 0.684. The third-order valence-corrected chi connectivity index (χ3v) is 1.83. The monoisotopic (exact) mass is 163 g/mol. The third-order valence-electron chi connectivity index (χ3n) is 1.83. The van der Waals surface area contributed by atoms with Crippen LogP contribution < -0.4 is 10.5 Å². The van der Waals surface area contributed by atoms with Crippen molar-refractivity contribution < 1.29 is 4.74 Å². The summed E-state index contributed by atoms with van der Waals surface area (Å²) >= 11 is 0. The molecule has 3 N–H and O–H groups in total. The predicted octanol–water partition coefficient (Wildman–Crippen LogP) is 1.15. The van der Waals surface area contributed by atoms with Crippen LogP contribution in [0.1, 0.15) is 0 Å². The number of methoxy groups -OCH3 is 1. The molecule has 0 saturated carbocycles. The average Bonchev–Trinajstić information content (AvgIpc) is 2.54. The van der Waals surface area contributed by atoms with Gasteiger partial charge in [-0.05, 0) is 12.1 Å². The van der Waals surface area contributed by atoms with Gasteiger partial charge in [0.1, 0.15) is 5.75 Å². The summed E-state index contributed by atoms with van der Waals surface area (Å²) < 4.78 is 5.13. The van der Waals surface area contributed by atoms with Crippen molar-refractivity contribution in [3.63, 3.8) is 0 Å². The summed E-state index contributed by atoms with van der Waals surface area (Å²) in [5.41, 5.74) is 7.21. The molecule has 1 aromatic heterocycles. The highest BCUT2D eigenvalue weighted by atomic mass is 16.5. The highest BCUT2D eigenvalue weighted by molar-refractivity contribution is 5.93. The summed E-state index contributed by atoms with van der Waals surface area (Å²) in [4.78, 5) is 0. The van der Waals surface area contributed by atoms with E-state index in [-0.39, 0.29) is 0 Å². The number of fused-ring (bicyclic) bond motifs is 1. The Morgan fingerprint density at radius 2 is 2.33 bits per heavy atom. The molecular formula is C8H9N3O. The first-order valence-electron chi connectivity index (χ1n) is 3.58. The molecule has 1 heterocycles. The molecule has 0 aliphatic rings. The number of ether oxygens (including phenoxy) is 1. The minimum Gasteiger partial charge on any atom is -0.496 e. The molecule has 0 aliphatic carbocycles. The number of nitrogens with zero attached hydrogens (tertiary/aromatic N) is 1. The first-order chi connectivity index (χ1) is 5.83. The molecule has 0 fully saturated rings. The number of nitrogen functional groups attached to an aromatic ring is 1. The van der Waals surface area contributed by atoms with Crippen LogP contribution in [0.4, 0.5) is 5.69 Å². The number of aromatic amines is 1. The molecule has 62 valence electrons. The molecule has 0 saturated heterocycles. The Bertz CT molecular complexity index is 408. The molecule has 2 aromatic rings. The molecule has 0 spiro atoms.